The van der Waals surface area contributed by atoms with E-state index in [4.69, 9.17) is 5.73 Å². The van der Waals surface area contributed by atoms with Gasteiger partial charge in [-0.25, -0.2) is 8.42 Å². The zero-order valence-corrected chi connectivity index (χ0v) is 18.1. The summed E-state index contributed by atoms with van der Waals surface area (Å²) in [6, 6.07) is 12.0. The minimum Gasteiger partial charge on any atom is -0.368 e. The quantitative estimate of drug-likeness (QED) is 0.538. The van der Waals surface area contributed by atoms with Crippen LogP contribution in [0.3, 0.4) is 0 Å². The van der Waals surface area contributed by atoms with Gasteiger partial charge in [0.05, 0.1) is 16.8 Å². The van der Waals surface area contributed by atoms with Crippen molar-refractivity contribution < 1.29 is 13.2 Å². The Labute approximate surface area is 183 Å². The number of likely N-dealkylation sites (tertiary alicyclic amines) is 1. The number of aromatic nitrogens is 1. The van der Waals surface area contributed by atoms with Crippen molar-refractivity contribution in [3.63, 3.8) is 0 Å². The number of fused-ring (bicyclic) bond motifs is 2. The van der Waals surface area contributed by atoms with Crippen molar-refractivity contribution in [1.82, 2.24) is 19.9 Å². The molecule has 10 heteroatoms. The highest BCUT2D eigenvalue weighted by Gasteiger charge is 2.40. The number of rotatable bonds is 5. The predicted octanol–water partition coefficient (Wildman–Crippen LogP) is 1.56. The molecule has 1 unspecified atom stereocenters. The van der Waals surface area contributed by atoms with E-state index in [1.54, 1.807) is 23.4 Å². The monoisotopic (exact) mass is 455 g/mol. The molecule has 0 spiro atoms. The summed E-state index contributed by atoms with van der Waals surface area (Å²) in [6.07, 6.45) is 5.71. The van der Waals surface area contributed by atoms with Crippen LogP contribution in [0.2, 0.25) is 0 Å². The number of nitrogens with two attached hydrogens (primary N) is 1. The van der Waals surface area contributed by atoms with Crippen LogP contribution in [0.5, 0.6) is 0 Å². The minimum atomic E-state index is -3.84. The zero-order valence-electron chi connectivity index (χ0n) is 16.5. The van der Waals surface area contributed by atoms with Gasteiger partial charge in [0.1, 0.15) is 15.9 Å². The lowest BCUT2D eigenvalue weighted by molar-refractivity contribution is -0.130. The molecule has 5 rings (SSSR count). The fraction of sp³-hybridized carbons (Fsp3) is 0.238. The Hall–Kier alpha value is -2.79. The Morgan fingerprint density at radius 1 is 1.29 bits per heavy atom. The Kier molecular flexibility index (Phi) is 4.82. The van der Waals surface area contributed by atoms with E-state index in [0.717, 1.165) is 27.2 Å². The fourth-order valence-corrected chi connectivity index (χ4v) is 6.65. The van der Waals surface area contributed by atoms with E-state index in [2.05, 4.69) is 15.0 Å². The summed E-state index contributed by atoms with van der Waals surface area (Å²) < 4.78 is 29.3. The second-order valence-electron chi connectivity index (χ2n) is 7.71. The summed E-state index contributed by atoms with van der Waals surface area (Å²) in [4.78, 5) is 18.8. The third-order valence-corrected chi connectivity index (χ3v) is 8.64. The van der Waals surface area contributed by atoms with Crippen LogP contribution in [0, 0.1) is 0 Å². The Balaban J connectivity index is 1.32. The Bertz CT molecular complexity index is 1270. The fourth-order valence-electron chi connectivity index (χ4n) is 4.07. The first kappa shape index (κ1) is 20.1. The van der Waals surface area contributed by atoms with Crippen molar-refractivity contribution in [2.45, 2.75) is 22.3 Å². The topological polar surface area (TPSA) is 117 Å². The van der Waals surface area contributed by atoms with Crippen LogP contribution >= 0.6 is 11.3 Å². The average molecular weight is 456 g/mol. The molecule has 2 atom stereocenters. The largest absolute Gasteiger partial charge is 0.368 e. The number of benzene rings is 1. The Morgan fingerprint density at radius 3 is 2.97 bits per heavy atom. The normalized spacial score (nSPS) is 23.2. The number of hydrogen-bond donors (Lipinski definition) is 3. The maximum Gasteiger partial charge on any atom is 0.250 e. The van der Waals surface area contributed by atoms with Crippen molar-refractivity contribution in [1.29, 1.82) is 0 Å². The number of nitrogens with one attached hydrogen (secondary N) is 2. The van der Waals surface area contributed by atoms with E-state index in [-0.39, 0.29) is 16.7 Å². The summed E-state index contributed by atoms with van der Waals surface area (Å²) in [5.41, 5.74) is 8.19. The Morgan fingerprint density at radius 2 is 2.13 bits per heavy atom. The average Bonchev–Trinajstić information content (AvgIpc) is 3.34. The number of amides is 1. The van der Waals surface area contributed by atoms with Crippen molar-refractivity contribution in [2.75, 3.05) is 13.1 Å². The van der Waals surface area contributed by atoms with Gasteiger partial charge in [-0.15, -0.1) is 11.3 Å². The molecule has 8 nitrogen and oxygen atoms in total. The van der Waals surface area contributed by atoms with Gasteiger partial charge < -0.3 is 16.0 Å². The molecule has 1 saturated heterocycles. The second-order valence-corrected chi connectivity index (χ2v) is 10.7. The van der Waals surface area contributed by atoms with Crippen LogP contribution in [0.1, 0.15) is 17.5 Å². The number of pyridine rings is 1. The van der Waals surface area contributed by atoms with E-state index >= 15 is 0 Å². The van der Waals surface area contributed by atoms with E-state index in [0.29, 0.717) is 18.5 Å². The molecule has 3 aromatic rings. The molecule has 160 valence electrons. The van der Waals surface area contributed by atoms with Crippen LogP contribution < -0.4 is 15.8 Å². The highest BCUT2D eigenvalue weighted by Crippen LogP contribution is 2.29. The van der Waals surface area contributed by atoms with Crippen molar-refractivity contribution in [3.05, 3.63) is 66.0 Å². The molecule has 0 bridgehead atoms. The van der Waals surface area contributed by atoms with Crippen molar-refractivity contribution in [3.8, 4) is 0 Å². The second kappa shape index (κ2) is 7.41. The summed E-state index contributed by atoms with van der Waals surface area (Å²) in [6.45, 7) is 0.657. The van der Waals surface area contributed by atoms with Gasteiger partial charge in [0.2, 0.25) is 5.91 Å². The third-order valence-electron chi connectivity index (χ3n) is 5.61. The summed E-state index contributed by atoms with van der Waals surface area (Å²) in [7, 11) is -3.84. The number of carbonyl (C=O) groups is 1. The number of thiophene rings is 1. The lowest BCUT2D eigenvalue weighted by Gasteiger charge is -2.37. The van der Waals surface area contributed by atoms with Gasteiger partial charge >= 0.3 is 0 Å². The molecule has 0 aliphatic carbocycles. The van der Waals surface area contributed by atoms with Gasteiger partial charge in [-0.05, 0) is 42.5 Å². The van der Waals surface area contributed by atoms with Crippen LogP contribution in [0.4, 0.5) is 0 Å². The lowest BCUT2D eigenvalue weighted by Crippen LogP contribution is -2.58. The number of carbonyl (C=O) groups excluding carboxylic acids is 1. The molecule has 1 aromatic carbocycles. The molecule has 31 heavy (non-hydrogen) atoms. The molecule has 1 amide bonds. The highest BCUT2D eigenvalue weighted by molar-refractivity contribution is 7.91. The smallest absolute Gasteiger partial charge is 0.250 e. The van der Waals surface area contributed by atoms with E-state index in [9.17, 15) is 13.2 Å². The molecular formula is C21H21N5O3S2. The number of nitrogens with zero attached hydrogens (tertiary/aromatic N) is 2. The van der Waals surface area contributed by atoms with Gasteiger partial charge in [-0.3, -0.25) is 9.78 Å². The molecule has 0 radical (unpaired) electrons. The maximum atomic E-state index is 13.0. The molecule has 4 heterocycles. The standard InChI is InChI=1S/C21H21N5O3S2/c22-21(15-5-2-1-4-14(15)7-10-24-21)13-26-11-8-16(20(26)27)25-31(28,29)19-12-17-18(30-19)6-3-9-23-17/h1-7,9-10,12,16,24-25H,8,11,13,22H2/t16-,21?/m1/s1. The summed E-state index contributed by atoms with van der Waals surface area (Å²) in [5.74, 6) is -0.276. The molecule has 1 fully saturated rings. The minimum absolute atomic E-state index is 0.149. The van der Waals surface area contributed by atoms with Gasteiger partial charge in [-0.2, -0.15) is 4.72 Å². The lowest BCUT2D eigenvalue weighted by atomic mass is 9.92. The first-order chi connectivity index (χ1) is 14.9. The summed E-state index contributed by atoms with van der Waals surface area (Å²) >= 11 is 1.13. The predicted molar refractivity (Wildman–Crippen MR) is 119 cm³/mol. The van der Waals surface area contributed by atoms with Crippen LogP contribution in [0.25, 0.3) is 16.3 Å². The van der Waals surface area contributed by atoms with Crippen LogP contribution in [-0.2, 0) is 20.5 Å². The zero-order chi connectivity index (χ0) is 21.6. The van der Waals surface area contributed by atoms with E-state index in [1.165, 1.54) is 6.07 Å². The van der Waals surface area contributed by atoms with Crippen LogP contribution in [0.15, 0.2) is 59.1 Å². The SMILES string of the molecule is NC1(CN2CC[C@@H](NS(=O)(=O)c3cc4ncccc4s3)C2=O)NC=Cc2ccccc21. The molecular weight excluding hydrogens is 434 g/mol. The van der Waals surface area contributed by atoms with Crippen molar-refractivity contribution >= 4 is 43.6 Å². The molecule has 0 saturated carbocycles. The molecule has 2 aliphatic rings. The van der Waals surface area contributed by atoms with Gasteiger partial charge in [0.25, 0.3) is 10.0 Å². The molecule has 2 aromatic heterocycles. The van der Waals surface area contributed by atoms with Gasteiger partial charge in [0, 0.05) is 18.3 Å². The summed E-state index contributed by atoms with van der Waals surface area (Å²) in [5, 5.41) is 3.16. The number of sulfonamides is 1. The van der Waals surface area contributed by atoms with Crippen molar-refractivity contribution in [2.24, 2.45) is 5.73 Å². The number of hydrogen-bond acceptors (Lipinski definition) is 7. The maximum absolute atomic E-state index is 13.0. The molecule has 2 aliphatic heterocycles. The van der Waals surface area contributed by atoms with E-state index < -0.39 is 21.7 Å². The third kappa shape index (κ3) is 3.61. The first-order valence-electron chi connectivity index (χ1n) is 9.84. The highest BCUT2D eigenvalue weighted by atomic mass is 32.2. The van der Waals surface area contributed by atoms with Gasteiger partial charge in [-0.1, -0.05) is 24.3 Å². The van der Waals surface area contributed by atoms with E-state index in [1.807, 2.05) is 36.4 Å². The molecule has 4 N–H and O–H groups in total. The van der Waals surface area contributed by atoms with Crippen LogP contribution in [-0.4, -0.2) is 43.3 Å². The van der Waals surface area contributed by atoms with Gasteiger partial charge in [0.15, 0.2) is 0 Å². The first-order valence-corrected chi connectivity index (χ1v) is 12.1.